The van der Waals surface area contributed by atoms with Gasteiger partial charge in [0.25, 0.3) is 10.0 Å². The number of thiazole rings is 1. The lowest BCUT2D eigenvalue weighted by Crippen LogP contribution is -2.12. The average molecular weight is 309 g/mol. The first-order valence-electron chi connectivity index (χ1n) is 5.51. The molecule has 1 unspecified atom stereocenters. The Kier molecular flexibility index (Phi) is 4.34. The Morgan fingerprint density at radius 2 is 2.10 bits per heavy atom. The second-order valence-electron chi connectivity index (χ2n) is 3.76. The van der Waals surface area contributed by atoms with Crippen LogP contribution in [0.1, 0.15) is 11.7 Å². The fourth-order valence-electron chi connectivity index (χ4n) is 1.53. The molecule has 0 fully saturated rings. The first-order valence-corrected chi connectivity index (χ1v) is 7.88. The predicted molar refractivity (Wildman–Crippen MR) is 74.7 cm³/mol. The van der Waals surface area contributed by atoms with Gasteiger partial charge in [0, 0.05) is 18.7 Å². The van der Waals surface area contributed by atoms with E-state index in [-0.39, 0.29) is 4.90 Å². The first-order chi connectivity index (χ1) is 9.56. The summed E-state index contributed by atoms with van der Waals surface area (Å²) in [5, 5.41) is 10.9. The van der Waals surface area contributed by atoms with Gasteiger partial charge in [0.15, 0.2) is 11.2 Å². The van der Waals surface area contributed by atoms with Gasteiger partial charge in [-0.25, -0.2) is 13.4 Å². The molecule has 1 aromatic heterocycles. The predicted octanol–water partition coefficient (Wildman–Crippen LogP) is 2.15. The molecule has 0 spiro atoms. The van der Waals surface area contributed by atoms with Gasteiger partial charge in [-0.3, -0.25) is 4.72 Å². The number of rotatable bonds is 5. The molecule has 1 heterocycles. The largest absolute Gasteiger partial charge is 0.362 e. The van der Waals surface area contributed by atoms with Gasteiger partial charge in [-0.05, 0) is 17.7 Å². The van der Waals surface area contributed by atoms with Crippen LogP contribution in [-0.4, -0.2) is 20.5 Å². The van der Waals surface area contributed by atoms with E-state index >= 15 is 0 Å². The number of sulfonamides is 1. The molecule has 0 saturated heterocycles. The Labute approximate surface area is 120 Å². The Balaban J connectivity index is 2.23. The highest BCUT2D eigenvalue weighted by atomic mass is 32.2. The number of hydrogen-bond acceptors (Lipinski definition) is 6. The van der Waals surface area contributed by atoms with Gasteiger partial charge in [-0.15, -0.1) is 11.3 Å². The number of hydrogen-bond donors (Lipinski definition) is 1. The van der Waals surface area contributed by atoms with Crippen LogP contribution in [0.15, 0.2) is 40.7 Å². The zero-order chi connectivity index (χ0) is 14.6. The van der Waals surface area contributed by atoms with E-state index in [2.05, 4.69) is 9.71 Å². The van der Waals surface area contributed by atoms with Gasteiger partial charge in [0.2, 0.25) is 0 Å². The zero-order valence-electron chi connectivity index (χ0n) is 10.5. The lowest BCUT2D eigenvalue weighted by Gasteiger charge is -2.09. The minimum atomic E-state index is -3.66. The molecule has 0 saturated carbocycles. The highest BCUT2D eigenvalue weighted by molar-refractivity contribution is 7.93. The third kappa shape index (κ3) is 3.14. The van der Waals surface area contributed by atoms with Gasteiger partial charge < -0.3 is 4.74 Å². The lowest BCUT2D eigenvalue weighted by molar-refractivity contribution is 0.148. The van der Waals surface area contributed by atoms with Crippen molar-refractivity contribution < 1.29 is 13.2 Å². The summed E-state index contributed by atoms with van der Waals surface area (Å²) in [6.07, 6.45) is 0.806. The van der Waals surface area contributed by atoms with Gasteiger partial charge in [-0.2, -0.15) is 5.26 Å². The molecule has 104 valence electrons. The van der Waals surface area contributed by atoms with E-state index < -0.39 is 16.1 Å². The number of anilines is 1. The molecule has 0 aliphatic heterocycles. The summed E-state index contributed by atoms with van der Waals surface area (Å²) in [6.45, 7) is 0. The second kappa shape index (κ2) is 6.00. The summed E-state index contributed by atoms with van der Waals surface area (Å²) in [7, 11) is -2.25. The van der Waals surface area contributed by atoms with Crippen LogP contribution in [0.5, 0.6) is 0 Å². The fourth-order valence-corrected chi connectivity index (χ4v) is 3.32. The van der Waals surface area contributed by atoms with Crippen LogP contribution in [-0.2, 0) is 14.8 Å². The van der Waals surface area contributed by atoms with Gasteiger partial charge in [0.05, 0.1) is 11.0 Å². The summed E-state index contributed by atoms with van der Waals surface area (Å²) < 4.78 is 31.5. The average Bonchev–Trinajstić information content (AvgIpc) is 2.93. The maximum Gasteiger partial charge on any atom is 0.263 e. The Bertz CT molecular complexity index is 703. The lowest BCUT2D eigenvalue weighted by atomic mass is 10.1. The summed E-state index contributed by atoms with van der Waals surface area (Å²) in [6, 6.07) is 7.92. The van der Waals surface area contributed by atoms with E-state index in [0.29, 0.717) is 10.7 Å². The molecule has 0 bridgehead atoms. The maximum atomic E-state index is 12.1. The van der Waals surface area contributed by atoms with Gasteiger partial charge >= 0.3 is 0 Å². The standard InChI is InChI=1S/C12H11N3O3S2/c1-18-11(8-13)9-2-4-10(5-3-9)20(16,17)15-12-14-6-7-19-12/h2-7,11H,1H3,(H,14,15). The van der Waals surface area contributed by atoms with E-state index in [1.807, 2.05) is 6.07 Å². The highest BCUT2D eigenvalue weighted by Crippen LogP contribution is 2.21. The van der Waals surface area contributed by atoms with Crippen molar-refractivity contribution in [1.29, 1.82) is 5.26 Å². The minimum Gasteiger partial charge on any atom is -0.362 e. The van der Waals surface area contributed by atoms with Gasteiger partial charge in [-0.1, -0.05) is 12.1 Å². The van der Waals surface area contributed by atoms with Crippen LogP contribution in [0.3, 0.4) is 0 Å². The van der Waals surface area contributed by atoms with Crippen LogP contribution in [0.2, 0.25) is 0 Å². The summed E-state index contributed by atoms with van der Waals surface area (Å²) in [4.78, 5) is 3.97. The van der Waals surface area contributed by atoms with Crippen molar-refractivity contribution in [3.8, 4) is 6.07 Å². The van der Waals surface area contributed by atoms with Crippen LogP contribution < -0.4 is 4.72 Å². The number of ether oxygens (including phenoxy) is 1. The van der Waals surface area contributed by atoms with Crippen molar-refractivity contribution in [1.82, 2.24) is 4.98 Å². The molecule has 6 nitrogen and oxygen atoms in total. The monoisotopic (exact) mass is 309 g/mol. The number of nitriles is 1. The molecular formula is C12H11N3O3S2. The molecule has 1 aromatic carbocycles. The number of nitrogens with one attached hydrogen (secondary N) is 1. The van der Waals surface area contributed by atoms with Crippen molar-refractivity contribution >= 4 is 26.5 Å². The minimum absolute atomic E-state index is 0.101. The molecule has 2 rings (SSSR count). The van der Waals surface area contributed by atoms with E-state index in [4.69, 9.17) is 10.00 Å². The summed E-state index contributed by atoms with van der Waals surface area (Å²) in [5.74, 6) is 0. The van der Waals surface area contributed by atoms with Crippen molar-refractivity contribution in [2.75, 3.05) is 11.8 Å². The number of nitrogens with zero attached hydrogens (tertiary/aromatic N) is 2. The van der Waals surface area contributed by atoms with Crippen LogP contribution in [0.4, 0.5) is 5.13 Å². The van der Waals surface area contributed by atoms with Crippen molar-refractivity contribution in [2.45, 2.75) is 11.0 Å². The molecule has 0 aliphatic carbocycles. The first kappa shape index (κ1) is 14.5. The van der Waals surface area contributed by atoms with E-state index in [0.717, 1.165) is 0 Å². The second-order valence-corrected chi connectivity index (χ2v) is 6.33. The van der Waals surface area contributed by atoms with Crippen LogP contribution in [0, 0.1) is 11.3 Å². The van der Waals surface area contributed by atoms with E-state index in [1.54, 1.807) is 17.5 Å². The van der Waals surface area contributed by atoms with Crippen LogP contribution in [0.25, 0.3) is 0 Å². The third-order valence-corrected chi connectivity index (χ3v) is 4.67. The van der Waals surface area contributed by atoms with E-state index in [1.165, 1.54) is 36.8 Å². The van der Waals surface area contributed by atoms with Crippen LogP contribution >= 0.6 is 11.3 Å². The molecule has 2 aromatic rings. The molecular weight excluding hydrogens is 298 g/mol. The third-order valence-electron chi connectivity index (χ3n) is 2.50. The SMILES string of the molecule is COC(C#N)c1ccc(S(=O)(=O)Nc2nccs2)cc1. The molecule has 20 heavy (non-hydrogen) atoms. The molecule has 0 radical (unpaired) electrons. The number of methoxy groups -OCH3 is 1. The quantitative estimate of drug-likeness (QED) is 0.913. The number of benzene rings is 1. The van der Waals surface area contributed by atoms with Crippen molar-refractivity contribution in [3.63, 3.8) is 0 Å². The fraction of sp³-hybridized carbons (Fsp3) is 0.167. The highest BCUT2D eigenvalue weighted by Gasteiger charge is 2.16. The Morgan fingerprint density at radius 3 is 2.60 bits per heavy atom. The zero-order valence-corrected chi connectivity index (χ0v) is 12.1. The Morgan fingerprint density at radius 1 is 1.40 bits per heavy atom. The smallest absolute Gasteiger partial charge is 0.263 e. The molecule has 1 atom stereocenters. The molecule has 8 heteroatoms. The molecule has 0 amide bonds. The topological polar surface area (TPSA) is 92.1 Å². The van der Waals surface area contributed by atoms with Gasteiger partial charge in [0.1, 0.15) is 0 Å². The van der Waals surface area contributed by atoms with Crippen molar-refractivity contribution in [3.05, 3.63) is 41.4 Å². The Hall–Kier alpha value is -1.95. The van der Waals surface area contributed by atoms with E-state index in [9.17, 15) is 8.42 Å². The molecule has 1 N–H and O–H groups in total. The maximum absolute atomic E-state index is 12.1. The number of aromatic nitrogens is 1. The molecule has 0 aliphatic rings. The van der Waals surface area contributed by atoms with Crippen molar-refractivity contribution in [2.24, 2.45) is 0 Å². The summed E-state index contributed by atoms with van der Waals surface area (Å²) >= 11 is 1.20. The summed E-state index contributed by atoms with van der Waals surface area (Å²) in [5.41, 5.74) is 0.600. The normalized spacial score (nSPS) is 12.6.